The molecule has 1 aromatic heterocycles. The van der Waals surface area contributed by atoms with E-state index in [4.69, 9.17) is 4.74 Å². The lowest BCUT2D eigenvalue weighted by Crippen LogP contribution is -2.20. The van der Waals surface area contributed by atoms with Crippen molar-refractivity contribution in [3.8, 4) is 0 Å². The number of benzene rings is 1. The van der Waals surface area contributed by atoms with E-state index in [1.165, 1.54) is 6.08 Å². The van der Waals surface area contributed by atoms with Crippen molar-refractivity contribution < 1.29 is 9.53 Å². The number of rotatable bonds is 6. The minimum atomic E-state index is -0.125. The van der Waals surface area contributed by atoms with Crippen LogP contribution in [-0.2, 0) is 29.7 Å². The molecule has 5 heteroatoms. The van der Waals surface area contributed by atoms with E-state index in [2.05, 4.69) is 10.4 Å². The minimum absolute atomic E-state index is 0.125. The van der Waals surface area contributed by atoms with Crippen LogP contribution in [0.5, 0.6) is 0 Å². The monoisotopic (exact) mass is 285 g/mol. The first-order valence-electron chi connectivity index (χ1n) is 6.68. The summed E-state index contributed by atoms with van der Waals surface area (Å²) in [5.41, 5.74) is 3.07. The fraction of sp³-hybridized carbons (Fsp3) is 0.250. The zero-order chi connectivity index (χ0) is 15.1. The van der Waals surface area contributed by atoms with Crippen LogP contribution in [-0.4, -0.2) is 22.8 Å². The summed E-state index contributed by atoms with van der Waals surface area (Å²) in [6.07, 6.45) is 6.80. The second kappa shape index (κ2) is 7.40. The van der Waals surface area contributed by atoms with E-state index in [9.17, 15) is 4.79 Å². The second-order valence-corrected chi connectivity index (χ2v) is 4.75. The van der Waals surface area contributed by atoms with Gasteiger partial charge in [-0.05, 0) is 17.2 Å². The van der Waals surface area contributed by atoms with E-state index in [-0.39, 0.29) is 5.91 Å². The predicted molar refractivity (Wildman–Crippen MR) is 81.2 cm³/mol. The molecule has 0 bridgehead atoms. The zero-order valence-electron chi connectivity index (χ0n) is 12.2. The van der Waals surface area contributed by atoms with Crippen LogP contribution in [0.25, 0.3) is 6.08 Å². The second-order valence-electron chi connectivity index (χ2n) is 4.75. The molecular weight excluding hydrogens is 266 g/mol. The molecule has 0 aliphatic rings. The largest absolute Gasteiger partial charge is 0.380 e. The van der Waals surface area contributed by atoms with Gasteiger partial charge in [0.15, 0.2) is 0 Å². The molecule has 110 valence electrons. The lowest BCUT2D eigenvalue weighted by Gasteiger charge is -2.04. The fourth-order valence-electron chi connectivity index (χ4n) is 1.87. The maximum absolute atomic E-state index is 11.7. The molecule has 5 nitrogen and oxygen atoms in total. The van der Waals surface area contributed by atoms with E-state index in [0.717, 1.165) is 16.7 Å². The Morgan fingerprint density at radius 3 is 2.67 bits per heavy atom. The number of carbonyl (C=O) groups excluding carboxylic acids is 1. The summed E-state index contributed by atoms with van der Waals surface area (Å²) in [6, 6.07) is 7.96. The summed E-state index contributed by atoms with van der Waals surface area (Å²) >= 11 is 0. The Morgan fingerprint density at radius 1 is 1.33 bits per heavy atom. The van der Waals surface area contributed by atoms with Gasteiger partial charge >= 0.3 is 0 Å². The highest BCUT2D eigenvalue weighted by Crippen LogP contribution is 2.05. The van der Waals surface area contributed by atoms with Crippen LogP contribution in [0.2, 0.25) is 0 Å². The number of carbonyl (C=O) groups is 1. The smallest absolute Gasteiger partial charge is 0.244 e. The topological polar surface area (TPSA) is 56.1 Å². The third-order valence-corrected chi connectivity index (χ3v) is 2.95. The van der Waals surface area contributed by atoms with Crippen molar-refractivity contribution in [1.29, 1.82) is 0 Å². The number of aromatic nitrogens is 2. The standard InChI is InChI=1S/C16H19N3O2/c1-19-11-15(10-18-19)7-8-16(20)17-9-13-3-5-14(6-4-13)12-21-2/h3-8,10-11H,9,12H2,1-2H3,(H,17,20). The number of nitrogens with one attached hydrogen (secondary N) is 1. The van der Waals surface area contributed by atoms with Crippen molar-refractivity contribution in [3.63, 3.8) is 0 Å². The number of nitrogens with zero attached hydrogens (tertiary/aromatic N) is 2. The first-order chi connectivity index (χ1) is 10.2. The molecule has 0 fully saturated rings. The van der Waals surface area contributed by atoms with Crippen LogP contribution in [0.3, 0.4) is 0 Å². The van der Waals surface area contributed by atoms with E-state index in [1.54, 1.807) is 24.1 Å². The van der Waals surface area contributed by atoms with Crippen LogP contribution in [0, 0.1) is 0 Å². The van der Waals surface area contributed by atoms with Gasteiger partial charge in [0.25, 0.3) is 0 Å². The van der Waals surface area contributed by atoms with E-state index >= 15 is 0 Å². The van der Waals surface area contributed by atoms with Gasteiger partial charge in [0.1, 0.15) is 0 Å². The van der Waals surface area contributed by atoms with Gasteiger partial charge in [0.2, 0.25) is 5.91 Å². The van der Waals surface area contributed by atoms with E-state index < -0.39 is 0 Å². The zero-order valence-corrected chi connectivity index (χ0v) is 12.2. The molecule has 21 heavy (non-hydrogen) atoms. The van der Waals surface area contributed by atoms with Crippen LogP contribution >= 0.6 is 0 Å². The van der Waals surface area contributed by atoms with Crippen molar-refractivity contribution in [2.24, 2.45) is 7.05 Å². The highest BCUT2D eigenvalue weighted by atomic mass is 16.5. The molecule has 2 aromatic rings. The number of hydrogen-bond donors (Lipinski definition) is 1. The van der Waals surface area contributed by atoms with Crippen molar-refractivity contribution in [3.05, 3.63) is 59.4 Å². The molecule has 1 heterocycles. The van der Waals surface area contributed by atoms with Gasteiger partial charge < -0.3 is 10.1 Å². The fourth-order valence-corrected chi connectivity index (χ4v) is 1.87. The summed E-state index contributed by atoms with van der Waals surface area (Å²) in [4.78, 5) is 11.7. The van der Waals surface area contributed by atoms with Crippen LogP contribution < -0.4 is 5.32 Å². The average Bonchev–Trinajstić information content (AvgIpc) is 2.90. The average molecular weight is 285 g/mol. The maximum atomic E-state index is 11.7. The third-order valence-electron chi connectivity index (χ3n) is 2.95. The quantitative estimate of drug-likeness (QED) is 0.825. The Bertz CT molecular complexity index is 615. The lowest BCUT2D eigenvalue weighted by molar-refractivity contribution is -0.116. The summed E-state index contributed by atoms with van der Waals surface area (Å²) in [6.45, 7) is 1.10. The number of aryl methyl sites for hydroxylation is 1. The first kappa shape index (κ1) is 15.0. The van der Waals surface area contributed by atoms with Crippen molar-refractivity contribution >= 4 is 12.0 Å². The molecule has 0 aliphatic heterocycles. The molecule has 1 N–H and O–H groups in total. The van der Waals surface area contributed by atoms with Gasteiger partial charge in [-0.15, -0.1) is 0 Å². The van der Waals surface area contributed by atoms with Gasteiger partial charge in [-0.3, -0.25) is 9.48 Å². The molecule has 0 aliphatic carbocycles. The van der Waals surface area contributed by atoms with Crippen molar-refractivity contribution in [2.75, 3.05) is 7.11 Å². The van der Waals surface area contributed by atoms with E-state index in [0.29, 0.717) is 13.2 Å². The Labute approximate surface area is 124 Å². The Balaban J connectivity index is 1.82. The normalized spacial score (nSPS) is 11.0. The molecule has 1 aromatic carbocycles. The molecule has 1 amide bonds. The number of hydrogen-bond acceptors (Lipinski definition) is 3. The lowest BCUT2D eigenvalue weighted by atomic mass is 10.1. The number of ether oxygens (including phenoxy) is 1. The van der Waals surface area contributed by atoms with Gasteiger partial charge in [-0.1, -0.05) is 24.3 Å². The summed E-state index contributed by atoms with van der Waals surface area (Å²) in [7, 11) is 3.51. The van der Waals surface area contributed by atoms with Gasteiger partial charge in [0, 0.05) is 38.5 Å². The summed E-state index contributed by atoms with van der Waals surface area (Å²) < 4.78 is 6.75. The van der Waals surface area contributed by atoms with E-state index in [1.807, 2.05) is 37.5 Å². The maximum Gasteiger partial charge on any atom is 0.244 e. The molecule has 0 atom stereocenters. The summed E-state index contributed by atoms with van der Waals surface area (Å²) in [5, 5.41) is 6.88. The Morgan fingerprint density at radius 2 is 2.05 bits per heavy atom. The Hall–Kier alpha value is -2.40. The number of methoxy groups -OCH3 is 1. The molecular formula is C16H19N3O2. The molecule has 0 unspecified atom stereocenters. The molecule has 2 rings (SSSR count). The highest BCUT2D eigenvalue weighted by Gasteiger charge is 1.98. The van der Waals surface area contributed by atoms with Gasteiger partial charge in [0.05, 0.1) is 12.8 Å². The SMILES string of the molecule is COCc1ccc(CNC(=O)C=Cc2cnn(C)c2)cc1. The molecule has 0 spiro atoms. The van der Waals surface area contributed by atoms with Crippen LogP contribution in [0.15, 0.2) is 42.7 Å². The predicted octanol–water partition coefficient (Wildman–Crippen LogP) is 1.90. The minimum Gasteiger partial charge on any atom is -0.380 e. The molecule has 0 saturated heterocycles. The van der Waals surface area contributed by atoms with Crippen molar-refractivity contribution in [1.82, 2.24) is 15.1 Å². The summed E-state index contributed by atoms with van der Waals surface area (Å²) in [5.74, 6) is -0.125. The molecule has 0 radical (unpaired) electrons. The van der Waals surface area contributed by atoms with Gasteiger partial charge in [-0.25, -0.2) is 0 Å². The highest BCUT2D eigenvalue weighted by molar-refractivity contribution is 5.91. The van der Waals surface area contributed by atoms with Crippen LogP contribution in [0.1, 0.15) is 16.7 Å². The van der Waals surface area contributed by atoms with Crippen LogP contribution in [0.4, 0.5) is 0 Å². The molecule has 0 saturated carbocycles. The third kappa shape index (κ3) is 4.89. The van der Waals surface area contributed by atoms with Crippen molar-refractivity contribution in [2.45, 2.75) is 13.2 Å². The van der Waals surface area contributed by atoms with Gasteiger partial charge in [-0.2, -0.15) is 5.10 Å². The Kier molecular flexibility index (Phi) is 5.29. The first-order valence-corrected chi connectivity index (χ1v) is 6.68. The number of amides is 1.